The lowest BCUT2D eigenvalue weighted by atomic mass is 9.92. The molecule has 0 amide bonds. The molecule has 0 bridgehead atoms. The first-order chi connectivity index (χ1) is 6.93. The SMILES string of the molecule is CC(C)(C)C(CN)Sc1ccc(Br)cn1. The monoisotopic (exact) mass is 288 g/mol. The van der Waals surface area contributed by atoms with Crippen LogP contribution in [0, 0.1) is 5.41 Å². The van der Waals surface area contributed by atoms with E-state index in [9.17, 15) is 0 Å². The molecule has 0 radical (unpaired) electrons. The van der Waals surface area contributed by atoms with E-state index in [1.807, 2.05) is 18.3 Å². The van der Waals surface area contributed by atoms with Gasteiger partial charge in [0.25, 0.3) is 0 Å². The Morgan fingerprint density at radius 2 is 2.13 bits per heavy atom. The number of thioether (sulfide) groups is 1. The molecule has 1 aromatic rings. The topological polar surface area (TPSA) is 38.9 Å². The van der Waals surface area contributed by atoms with Crippen molar-refractivity contribution in [2.75, 3.05) is 6.54 Å². The van der Waals surface area contributed by atoms with Gasteiger partial charge in [0.05, 0.1) is 5.03 Å². The van der Waals surface area contributed by atoms with Gasteiger partial charge >= 0.3 is 0 Å². The third-order valence-corrected chi connectivity index (χ3v) is 4.28. The van der Waals surface area contributed by atoms with Crippen molar-refractivity contribution in [1.82, 2.24) is 4.98 Å². The predicted octanol–water partition coefficient (Wildman–Crippen LogP) is 3.31. The fraction of sp³-hybridized carbons (Fsp3) is 0.545. The van der Waals surface area contributed by atoms with Crippen LogP contribution in [0.2, 0.25) is 0 Å². The van der Waals surface area contributed by atoms with Gasteiger partial charge in [0, 0.05) is 22.5 Å². The lowest BCUT2D eigenvalue weighted by Crippen LogP contribution is -2.30. The number of hydrogen-bond acceptors (Lipinski definition) is 3. The largest absolute Gasteiger partial charge is 0.329 e. The molecule has 0 saturated heterocycles. The smallest absolute Gasteiger partial charge is 0.0964 e. The van der Waals surface area contributed by atoms with E-state index in [1.165, 1.54) is 0 Å². The second-order valence-electron chi connectivity index (χ2n) is 4.52. The zero-order valence-corrected chi connectivity index (χ0v) is 11.7. The average molecular weight is 289 g/mol. The molecule has 1 aromatic heterocycles. The van der Waals surface area contributed by atoms with Crippen molar-refractivity contribution in [3.05, 3.63) is 22.8 Å². The number of halogens is 1. The molecule has 1 heterocycles. The highest BCUT2D eigenvalue weighted by Crippen LogP contribution is 2.33. The van der Waals surface area contributed by atoms with Crippen molar-refractivity contribution in [1.29, 1.82) is 0 Å². The molecule has 1 rings (SSSR count). The summed E-state index contributed by atoms with van der Waals surface area (Å²) in [5.41, 5.74) is 5.98. The van der Waals surface area contributed by atoms with Crippen LogP contribution in [0.15, 0.2) is 27.8 Å². The van der Waals surface area contributed by atoms with E-state index in [0.29, 0.717) is 11.8 Å². The van der Waals surface area contributed by atoms with Crippen LogP contribution < -0.4 is 5.73 Å². The van der Waals surface area contributed by atoms with Gasteiger partial charge in [0.2, 0.25) is 0 Å². The van der Waals surface area contributed by atoms with Crippen molar-refractivity contribution >= 4 is 27.7 Å². The van der Waals surface area contributed by atoms with Gasteiger partial charge in [-0.1, -0.05) is 20.8 Å². The highest BCUT2D eigenvalue weighted by molar-refractivity contribution is 9.10. The van der Waals surface area contributed by atoms with Gasteiger partial charge in [-0.25, -0.2) is 4.98 Å². The number of nitrogens with zero attached hydrogens (tertiary/aromatic N) is 1. The van der Waals surface area contributed by atoms with E-state index in [4.69, 9.17) is 5.73 Å². The summed E-state index contributed by atoms with van der Waals surface area (Å²) in [7, 11) is 0. The van der Waals surface area contributed by atoms with Crippen LogP contribution in [-0.4, -0.2) is 16.8 Å². The Morgan fingerprint density at radius 1 is 1.47 bits per heavy atom. The van der Waals surface area contributed by atoms with Gasteiger partial charge in [0.15, 0.2) is 0 Å². The van der Waals surface area contributed by atoms with Gasteiger partial charge < -0.3 is 5.73 Å². The number of hydrogen-bond donors (Lipinski definition) is 1. The molecule has 4 heteroatoms. The predicted molar refractivity (Wildman–Crippen MR) is 70.1 cm³/mol. The molecule has 2 N–H and O–H groups in total. The van der Waals surface area contributed by atoms with Crippen LogP contribution in [0.3, 0.4) is 0 Å². The summed E-state index contributed by atoms with van der Waals surface area (Å²) in [6, 6.07) is 4.02. The van der Waals surface area contributed by atoms with Crippen molar-refractivity contribution in [3.63, 3.8) is 0 Å². The van der Waals surface area contributed by atoms with E-state index in [0.717, 1.165) is 9.50 Å². The van der Waals surface area contributed by atoms with Gasteiger partial charge in [-0.05, 0) is 33.5 Å². The summed E-state index contributed by atoms with van der Waals surface area (Å²) in [5.74, 6) is 0. The molecule has 0 saturated carbocycles. The van der Waals surface area contributed by atoms with Crippen LogP contribution >= 0.6 is 27.7 Å². The van der Waals surface area contributed by atoms with Crippen molar-refractivity contribution in [2.24, 2.45) is 11.1 Å². The maximum absolute atomic E-state index is 5.78. The number of aromatic nitrogens is 1. The highest BCUT2D eigenvalue weighted by atomic mass is 79.9. The third kappa shape index (κ3) is 4.13. The van der Waals surface area contributed by atoms with Crippen LogP contribution in [0.25, 0.3) is 0 Å². The maximum Gasteiger partial charge on any atom is 0.0964 e. The summed E-state index contributed by atoms with van der Waals surface area (Å²) in [6.45, 7) is 7.29. The van der Waals surface area contributed by atoms with E-state index in [-0.39, 0.29) is 5.41 Å². The molecule has 0 spiro atoms. The molecule has 0 aliphatic carbocycles. The first-order valence-corrected chi connectivity index (χ1v) is 6.59. The summed E-state index contributed by atoms with van der Waals surface area (Å²) in [6.07, 6.45) is 1.82. The number of rotatable bonds is 3. The normalized spacial score (nSPS) is 13.9. The second kappa shape index (κ2) is 5.32. The standard InChI is InChI=1S/C11H17BrN2S/c1-11(2,3)9(6-13)15-10-5-4-8(12)7-14-10/h4-5,7,9H,6,13H2,1-3H3. The molecule has 15 heavy (non-hydrogen) atoms. The first-order valence-electron chi connectivity index (χ1n) is 4.92. The second-order valence-corrected chi connectivity index (χ2v) is 6.66. The van der Waals surface area contributed by atoms with E-state index in [1.54, 1.807) is 11.8 Å². The molecule has 0 aliphatic rings. The van der Waals surface area contributed by atoms with Crippen LogP contribution in [0.5, 0.6) is 0 Å². The van der Waals surface area contributed by atoms with Gasteiger partial charge in [-0.15, -0.1) is 11.8 Å². The minimum atomic E-state index is 0.203. The highest BCUT2D eigenvalue weighted by Gasteiger charge is 2.24. The van der Waals surface area contributed by atoms with Crippen LogP contribution in [-0.2, 0) is 0 Å². The molecule has 1 unspecified atom stereocenters. The van der Waals surface area contributed by atoms with Gasteiger partial charge in [0.1, 0.15) is 0 Å². The Hall–Kier alpha value is -0.0600. The van der Waals surface area contributed by atoms with Crippen LogP contribution in [0.1, 0.15) is 20.8 Å². The fourth-order valence-corrected chi connectivity index (χ4v) is 2.39. The molecule has 0 aliphatic heterocycles. The number of nitrogens with two attached hydrogens (primary N) is 1. The quantitative estimate of drug-likeness (QED) is 0.868. The van der Waals surface area contributed by atoms with Crippen LogP contribution in [0.4, 0.5) is 0 Å². The van der Waals surface area contributed by atoms with Crippen molar-refractivity contribution in [2.45, 2.75) is 31.0 Å². The Balaban J connectivity index is 2.71. The van der Waals surface area contributed by atoms with Crippen molar-refractivity contribution < 1.29 is 0 Å². The molecular weight excluding hydrogens is 272 g/mol. The molecule has 1 atom stereocenters. The van der Waals surface area contributed by atoms with E-state index >= 15 is 0 Å². The third-order valence-electron chi connectivity index (χ3n) is 2.14. The number of pyridine rings is 1. The summed E-state index contributed by atoms with van der Waals surface area (Å²) < 4.78 is 1.01. The Morgan fingerprint density at radius 3 is 2.53 bits per heavy atom. The molecule has 2 nitrogen and oxygen atoms in total. The minimum absolute atomic E-state index is 0.203. The van der Waals surface area contributed by atoms with Gasteiger partial charge in [-0.2, -0.15) is 0 Å². The summed E-state index contributed by atoms with van der Waals surface area (Å²) in [5, 5.41) is 1.43. The average Bonchev–Trinajstić information content (AvgIpc) is 2.15. The Kier molecular flexibility index (Phi) is 4.62. The molecule has 0 fully saturated rings. The molecular formula is C11H17BrN2S. The fourth-order valence-electron chi connectivity index (χ4n) is 1.16. The van der Waals surface area contributed by atoms with E-state index < -0.39 is 0 Å². The lowest BCUT2D eigenvalue weighted by Gasteiger charge is -2.28. The maximum atomic E-state index is 5.78. The zero-order valence-electron chi connectivity index (χ0n) is 9.33. The minimum Gasteiger partial charge on any atom is -0.329 e. The zero-order chi connectivity index (χ0) is 11.5. The summed E-state index contributed by atoms with van der Waals surface area (Å²) >= 11 is 5.12. The molecule has 0 aromatic carbocycles. The summed E-state index contributed by atoms with van der Waals surface area (Å²) in [4.78, 5) is 4.34. The first kappa shape index (κ1) is 13.0. The van der Waals surface area contributed by atoms with Crippen molar-refractivity contribution in [3.8, 4) is 0 Å². The molecule has 84 valence electrons. The van der Waals surface area contributed by atoms with E-state index in [2.05, 4.69) is 41.7 Å². The Labute approximate surface area is 104 Å². The lowest BCUT2D eigenvalue weighted by molar-refractivity contribution is 0.398. The Bertz CT molecular complexity index is 305. The van der Waals surface area contributed by atoms with Gasteiger partial charge in [-0.3, -0.25) is 0 Å².